The van der Waals surface area contributed by atoms with Gasteiger partial charge in [-0.2, -0.15) is 4.73 Å². The van der Waals surface area contributed by atoms with E-state index in [1.807, 2.05) is 0 Å². The number of hydrogen-bond donors (Lipinski definition) is 0. The number of aromatic nitrogens is 1. The van der Waals surface area contributed by atoms with Crippen LogP contribution in [0.1, 0.15) is 11.1 Å². The number of ether oxygens (including phenoxy) is 1. The van der Waals surface area contributed by atoms with Crippen molar-refractivity contribution in [2.75, 3.05) is 32.1 Å². The first-order chi connectivity index (χ1) is 15.7. The molecule has 0 atom stereocenters. The molecule has 0 unspecified atom stereocenters. The third kappa shape index (κ3) is 6.34. The highest BCUT2D eigenvalue weighted by Crippen LogP contribution is 2.29. The molecule has 3 aromatic rings. The van der Waals surface area contributed by atoms with Crippen molar-refractivity contribution in [3.05, 3.63) is 89.4 Å². The van der Waals surface area contributed by atoms with Gasteiger partial charge < -0.3 is 14.8 Å². The normalized spacial score (nSPS) is 11.3. The lowest BCUT2D eigenvalue weighted by Gasteiger charge is -2.25. The predicted molar refractivity (Wildman–Crippen MR) is 134 cm³/mol. The Bertz CT molecular complexity index is 1240. The second kappa shape index (κ2) is 11.6. The van der Waals surface area contributed by atoms with Crippen LogP contribution in [-0.2, 0) is 14.8 Å². The van der Waals surface area contributed by atoms with Crippen LogP contribution in [0.25, 0.3) is 12.2 Å². The minimum atomic E-state index is -4.21. The second-order valence-corrected chi connectivity index (χ2v) is 9.25. The lowest BCUT2D eigenvalue weighted by atomic mass is 10.1. The van der Waals surface area contributed by atoms with E-state index in [0.717, 1.165) is 9.87 Å². The molecule has 1 aromatic heterocycles. The Labute approximate surface area is 205 Å². The molecule has 0 N–H and O–H groups in total. The van der Waals surface area contributed by atoms with Gasteiger partial charge in [-0.3, -0.25) is 4.79 Å². The number of amides is 1. The molecule has 180 valence electrons. The molecule has 0 saturated carbocycles. The Morgan fingerprint density at radius 1 is 1.00 bits per heavy atom. The monoisotopic (exact) mass is 503 g/mol. The largest absolute Gasteiger partial charge is 0.619 e. The van der Waals surface area contributed by atoms with E-state index in [2.05, 4.69) is 0 Å². The van der Waals surface area contributed by atoms with Gasteiger partial charge in [0.15, 0.2) is 12.4 Å². The molecule has 0 radical (unpaired) electrons. The Morgan fingerprint density at radius 3 is 2.21 bits per heavy atom. The van der Waals surface area contributed by atoms with Crippen molar-refractivity contribution >= 4 is 46.2 Å². The number of carbonyl (C=O) groups excluding carboxylic acids is 1. The summed E-state index contributed by atoms with van der Waals surface area (Å²) in [6.45, 7) is -0.102. The van der Waals surface area contributed by atoms with E-state index in [9.17, 15) is 18.4 Å². The average molecular weight is 504 g/mol. The summed E-state index contributed by atoms with van der Waals surface area (Å²) in [7, 11) is 0.664. The molecule has 0 aliphatic carbocycles. The Kier molecular flexibility index (Phi) is 9.19. The summed E-state index contributed by atoms with van der Waals surface area (Å²) in [6, 6.07) is 15.9. The molecule has 1 amide bonds. The molecule has 1 heterocycles. The summed E-state index contributed by atoms with van der Waals surface area (Å²) in [4.78, 5) is 14.8. The van der Waals surface area contributed by atoms with Crippen molar-refractivity contribution in [3.63, 3.8) is 0 Å². The fourth-order valence-corrected chi connectivity index (χ4v) is 4.56. The number of sulfonamides is 1. The van der Waals surface area contributed by atoms with Gasteiger partial charge in [-0.15, -0.1) is 12.4 Å². The number of halogens is 1. The summed E-state index contributed by atoms with van der Waals surface area (Å²) in [5.74, 6) is -0.0884. The van der Waals surface area contributed by atoms with Crippen LogP contribution in [-0.4, -0.2) is 47.0 Å². The number of anilines is 1. The number of likely N-dealkylation sites (N-methyl/N-ethyl adjacent to an activating group) is 1. The Morgan fingerprint density at radius 2 is 1.62 bits per heavy atom. The molecule has 3 rings (SSSR count). The summed E-state index contributed by atoms with van der Waals surface area (Å²) in [5.41, 5.74) is 1.51. The number of rotatable bonds is 8. The van der Waals surface area contributed by atoms with E-state index in [0.29, 0.717) is 16.0 Å². The van der Waals surface area contributed by atoms with E-state index in [1.54, 1.807) is 67.5 Å². The molecule has 0 bridgehead atoms. The fourth-order valence-electron chi connectivity index (χ4n) is 3.12. The minimum Gasteiger partial charge on any atom is -0.619 e. The number of benzene rings is 2. The van der Waals surface area contributed by atoms with Gasteiger partial charge in [0.25, 0.3) is 15.9 Å². The van der Waals surface area contributed by atoms with E-state index >= 15 is 0 Å². The van der Waals surface area contributed by atoms with Crippen LogP contribution in [0.15, 0.2) is 78.0 Å². The number of nitrogens with zero attached hydrogens (tertiary/aromatic N) is 3. The van der Waals surface area contributed by atoms with Gasteiger partial charge in [0.1, 0.15) is 5.75 Å². The van der Waals surface area contributed by atoms with Crippen LogP contribution < -0.4 is 13.8 Å². The van der Waals surface area contributed by atoms with Gasteiger partial charge in [0.05, 0.1) is 24.2 Å². The first kappa shape index (κ1) is 26.8. The third-order valence-corrected chi connectivity index (χ3v) is 6.46. The quantitative estimate of drug-likeness (QED) is 0.346. The van der Waals surface area contributed by atoms with E-state index < -0.39 is 15.9 Å². The number of pyridine rings is 1. The second-order valence-electron chi connectivity index (χ2n) is 7.46. The van der Waals surface area contributed by atoms with Crippen LogP contribution >= 0.6 is 12.4 Å². The molecule has 0 fully saturated rings. The predicted octanol–water partition coefficient (Wildman–Crippen LogP) is 3.20. The van der Waals surface area contributed by atoms with E-state index in [-0.39, 0.29) is 29.5 Å². The minimum absolute atomic E-state index is 0. The zero-order valence-electron chi connectivity index (χ0n) is 19.0. The number of carbonyl (C=O) groups is 1. The van der Waals surface area contributed by atoms with Crippen LogP contribution in [0, 0.1) is 5.21 Å². The molecule has 2 aromatic carbocycles. The number of methoxy groups -OCH3 is 1. The van der Waals surface area contributed by atoms with Gasteiger partial charge in [-0.05, 0) is 55.6 Å². The lowest BCUT2D eigenvalue weighted by Crippen LogP contribution is -2.42. The standard InChI is InChI=1S/C24H25N3O5S.ClH/c1-25(2)18-24(28)27(33(30,31)22-12-10-21(32-3)11-13-22)23-7-5-4-6-20(23)9-8-19-14-16-26(29)17-15-19;/h4-17H,18H2,1-3H3;1H/b9-8+;. The van der Waals surface area contributed by atoms with Crippen LogP contribution in [0.2, 0.25) is 0 Å². The molecular weight excluding hydrogens is 478 g/mol. The smallest absolute Gasteiger partial charge is 0.270 e. The van der Waals surface area contributed by atoms with Crippen molar-refractivity contribution in [3.8, 4) is 5.75 Å². The van der Waals surface area contributed by atoms with Gasteiger partial charge >= 0.3 is 0 Å². The molecule has 0 saturated heterocycles. The lowest BCUT2D eigenvalue weighted by molar-refractivity contribution is -0.605. The number of para-hydroxylation sites is 1. The van der Waals surface area contributed by atoms with Gasteiger partial charge in [0.2, 0.25) is 0 Å². The maximum Gasteiger partial charge on any atom is 0.270 e. The molecule has 10 heteroatoms. The first-order valence-electron chi connectivity index (χ1n) is 10.1. The topological polar surface area (TPSA) is 93.9 Å². The van der Waals surface area contributed by atoms with Crippen molar-refractivity contribution < 1.29 is 22.7 Å². The SMILES string of the molecule is COc1ccc(S(=O)(=O)N(C(=O)CN(C)C)c2ccccc2/C=C/c2cc[n+]([O-])cc2)cc1.Cl. The zero-order valence-corrected chi connectivity index (χ0v) is 20.6. The van der Waals surface area contributed by atoms with E-state index in [4.69, 9.17) is 4.74 Å². The molecule has 0 aliphatic rings. The van der Waals surface area contributed by atoms with Gasteiger partial charge in [-0.1, -0.05) is 30.4 Å². The summed E-state index contributed by atoms with van der Waals surface area (Å²) in [5, 5.41) is 11.3. The highest BCUT2D eigenvalue weighted by molar-refractivity contribution is 7.93. The Hall–Kier alpha value is -3.40. The average Bonchev–Trinajstić information content (AvgIpc) is 2.79. The van der Waals surface area contributed by atoms with Crippen molar-refractivity contribution in [2.24, 2.45) is 0 Å². The maximum absolute atomic E-state index is 13.6. The summed E-state index contributed by atoms with van der Waals surface area (Å²) < 4.78 is 33.8. The van der Waals surface area contributed by atoms with Gasteiger partial charge in [0, 0.05) is 12.1 Å². The zero-order chi connectivity index (χ0) is 24.0. The van der Waals surface area contributed by atoms with E-state index in [1.165, 1.54) is 43.8 Å². The first-order valence-corrected chi connectivity index (χ1v) is 11.5. The molecular formula is C24H26ClN3O5S. The highest BCUT2D eigenvalue weighted by atomic mass is 35.5. The van der Waals surface area contributed by atoms with Gasteiger partial charge in [-0.25, -0.2) is 12.7 Å². The van der Waals surface area contributed by atoms with Crippen LogP contribution in [0.4, 0.5) is 5.69 Å². The number of hydrogen-bond acceptors (Lipinski definition) is 6. The van der Waals surface area contributed by atoms with Crippen molar-refractivity contribution in [2.45, 2.75) is 4.90 Å². The maximum atomic E-state index is 13.6. The fraction of sp³-hybridized carbons (Fsp3) is 0.167. The molecule has 34 heavy (non-hydrogen) atoms. The summed E-state index contributed by atoms with van der Waals surface area (Å²) in [6.07, 6.45) is 6.19. The van der Waals surface area contributed by atoms with Crippen molar-refractivity contribution in [1.29, 1.82) is 0 Å². The van der Waals surface area contributed by atoms with Crippen LogP contribution in [0.5, 0.6) is 5.75 Å². The van der Waals surface area contributed by atoms with Crippen LogP contribution in [0.3, 0.4) is 0 Å². The highest BCUT2D eigenvalue weighted by Gasteiger charge is 2.32. The third-order valence-electron chi connectivity index (χ3n) is 4.71. The molecule has 0 aliphatic heterocycles. The molecule has 8 nitrogen and oxygen atoms in total. The Balaban J connectivity index is 0.00000408. The van der Waals surface area contributed by atoms with Crippen molar-refractivity contribution in [1.82, 2.24) is 4.90 Å². The summed E-state index contributed by atoms with van der Waals surface area (Å²) >= 11 is 0. The molecule has 0 spiro atoms.